The molecule has 32 heavy (non-hydrogen) atoms. The van der Waals surface area contributed by atoms with Gasteiger partial charge in [-0.25, -0.2) is 13.2 Å². The number of carbonyl (C=O) groups excluding carboxylic acids is 2. The SMILES string of the molecule is COc1ccc(C(=O)OCC(=O)Nc2ccc(C#N)c(Cl)c2)cc1S(=O)(=O)N1CCCC1. The third kappa shape index (κ3) is 5.19. The van der Waals surface area contributed by atoms with Gasteiger partial charge in [-0.3, -0.25) is 4.79 Å². The second-order valence-electron chi connectivity index (χ2n) is 6.91. The number of carbonyl (C=O) groups is 2. The molecule has 0 unspecified atom stereocenters. The van der Waals surface area contributed by atoms with Gasteiger partial charge in [-0.2, -0.15) is 9.57 Å². The van der Waals surface area contributed by atoms with Crippen molar-refractivity contribution in [1.29, 1.82) is 5.26 Å². The van der Waals surface area contributed by atoms with Gasteiger partial charge < -0.3 is 14.8 Å². The van der Waals surface area contributed by atoms with Gasteiger partial charge in [-0.1, -0.05) is 11.6 Å². The molecule has 168 valence electrons. The summed E-state index contributed by atoms with van der Waals surface area (Å²) in [5.41, 5.74) is 0.562. The number of halogens is 1. The van der Waals surface area contributed by atoms with Crippen LogP contribution in [0, 0.1) is 11.3 Å². The molecule has 1 heterocycles. The average Bonchev–Trinajstić information content (AvgIpc) is 3.33. The van der Waals surface area contributed by atoms with Crippen LogP contribution in [-0.2, 0) is 19.6 Å². The van der Waals surface area contributed by atoms with Gasteiger partial charge in [0.25, 0.3) is 5.91 Å². The minimum absolute atomic E-state index is 0.0298. The lowest BCUT2D eigenvalue weighted by atomic mass is 10.2. The minimum atomic E-state index is -3.83. The summed E-state index contributed by atoms with van der Waals surface area (Å²) in [5.74, 6) is -1.38. The molecular formula is C21H20ClN3O6S. The summed E-state index contributed by atoms with van der Waals surface area (Å²) in [4.78, 5) is 24.4. The number of esters is 1. The van der Waals surface area contributed by atoms with Crippen molar-refractivity contribution in [2.24, 2.45) is 0 Å². The molecule has 11 heteroatoms. The molecule has 0 radical (unpaired) electrons. The number of methoxy groups -OCH3 is 1. The van der Waals surface area contributed by atoms with Crippen molar-refractivity contribution in [1.82, 2.24) is 4.31 Å². The number of amides is 1. The number of ether oxygens (including phenoxy) is 2. The van der Waals surface area contributed by atoms with Gasteiger partial charge in [-0.15, -0.1) is 0 Å². The van der Waals surface area contributed by atoms with Crippen LogP contribution in [0.3, 0.4) is 0 Å². The molecule has 9 nitrogen and oxygen atoms in total. The molecule has 1 aliphatic rings. The number of nitrogens with zero attached hydrogens (tertiary/aromatic N) is 2. The van der Waals surface area contributed by atoms with Crippen LogP contribution in [0.15, 0.2) is 41.3 Å². The number of rotatable bonds is 7. The van der Waals surface area contributed by atoms with E-state index in [-0.39, 0.29) is 26.8 Å². The highest BCUT2D eigenvalue weighted by atomic mass is 35.5. The number of benzene rings is 2. The first-order chi connectivity index (χ1) is 15.3. The first-order valence-corrected chi connectivity index (χ1v) is 11.4. The topological polar surface area (TPSA) is 126 Å². The predicted molar refractivity (Wildman–Crippen MR) is 116 cm³/mol. The number of nitrogens with one attached hydrogen (secondary N) is 1. The van der Waals surface area contributed by atoms with Gasteiger partial charge in [0, 0.05) is 18.8 Å². The Morgan fingerprint density at radius 1 is 1.19 bits per heavy atom. The van der Waals surface area contributed by atoms with Crippen LogP contribution in [0.2, 0.25) is 5.02 Å². The lowest BCUT2D eigenvalue weighted by Gasteiger charge is -2.18. The zero-order valence-corrected chi connectivity index (χ0v) is 18.7. The van der Waals surface area contributed by atoms with E-state index in [1.54, 1.807) is 0 Å². The summed E-state index contributed by atoms with van der Waals surface area (Å²) < 4.78 is 37.4. The first kappa shape index (κ1) is 23.5. The van der Waals surface area contributed by atoms with E-state index >= 15 is 0 Å². The van der Waals surface area contributed by atoms with Gasteiger partial charge >= 0.3 is 5.97 Å². The molecule has 1 N–H and O–H groups in total. The fourth-order valence-electron chi connectivity index (χ4n) is 3.17. The van der Waals surface area contributed by atoms with Crippen LogP contribution in [0.4, 0.5) is 5.69 Å². The molecule has 0 bridgehead atoms. The molecule has 0 saturated carbocycles. The summed E-state index contributed by atoms with van der Waals surface area (Å²) in [5, 5.41) is 11.6. The quantitative estimate of drug-likeness (QED) is 0.607. The van der Waals surface area contributed by atoms with Crippen LogP contribution < -0.4 is 10.1 Å². The van der Waals surface area contributed by atoms with Crippen molar-refractivity contribution < 1.29 is 27.5 Å². The van der Waals surface area contributed by atoms with Crippen molar-refractivity contribution in [3.63, 3.8) is 0 Å². The summed E-state index contributed by atoms with van der Waals surface area (Å²) in [7, 11) is -2.49. The number of sulfonamides is 1. The van der Waals surface area contributed by atoms with E-state index in [1.165, 1.54) is 47.8 Å². The van der Waals surface area contributed by atoms with Gasteiger partial charge in [0.05, 0.1) is 23.3 Å². The zero-order valence-electron chi connectivity index (χ0n) is 17.1. The maximum Gasteiger partial charge on any atom is 0.338 e. The highest BCUT2D eigenvalue weighted by molar-refractivity contribution is 7.89. The van der Waals surface area contributed by atoms with E-state index in [0.29, 0.717) is 18.8 Å². The molecule has 0 atom stereocenters. The highest BCUT2D eigenvalue weighted by Gasteiger charge is 2.31. The Bertz CT molecular complexity index is 1190. The maximum atomic E-state index is 12.9. The minimum Gasteiger partial charge on any atom is -0.495 e. The van der Waals surface area contributed by atoms with Gasteiger partial charge in [0.2, 0.25) is 10.0 Å². The summed E-state index contributed by atoms with van der Waals surface area (Å²) in [6, 6.07) is 10.2. The Kier molecular flexibility index (Phi) is 7.35. The molecular weight excluding hydrogens is 458 g/mol. The van der Waals surface area contributed by atoms with Crippen LogP contribution in [0.5, 0.6) is 5.75 Å². The molecule has 3 rings (SSSR count). The van der Waals surface area contributed by atoms with E-state index in [2.05, 4.69) is 5.32 Å². The Balaban J connectivity index is 1.69. The van der Waals surface area contributed by atoms with E-state index in [1.807, 2.05) is 6.07 Å². The Hall–Kier alpha value is -3.13. The number of hydrogen-bond acceptors (Lipinski definition) is 7. The molecule has 1 fully saturated rings. The Morgan fingerprint density at radius 3 is 2.53 bits per heavy atom. The average molecular weight is 478 g/mol. The molecule has 1 aliphatic heterocycles. The maximum absolute atomic E-state index is 12.9. The molecule has 0 spiro atoms. The van der Waals surface area contributed by atoms with Crippen LogP contribution in [-0.4, -0.2) is 51.4 Å². The number of nitriles is 1. The van der Waals surface area contributed by atoms with Crippen molar-refractivity contribution in [3.05, 3.63) is 52.5 Å². The molecule has 2 aromatic rings. The first-order valence-electron chi connectivity index (χ1n) is 9.61. The largest absolute Gasteiger partial charge is 0.495 e. The van der Waals surface area contributed by atoms with Crippen LogP contribution in [0.1, 0.15) is 28.8 Å². The summed E-state index contributed by atoms with van der Waals surface area (Å²) in [6.07, 6.45) is 1.53. The van der Waals surface area contributed by atoms with E-state index in [9.17, 15) is 18.0 Å². The third-order valence-electron chi connectivity index (χ3n) is 4.79. The second-order valence-corrected chi connectivity index (χ2v) is 9.22. The predicted octanol–water partition coefficient (Wildman–Crippen LogP) is 2.80. The van der Waals surface area contributed by atoms with Crippen molar-refractivity contribution in [2.75, 3.05) is 32.1 Å². The summed E-state index contributed by atoms with van der Waals surface area (Å²) >= 11 is 5.92. The number of hydrogen-bond donors (Lipinski definition) is 1. The molecule has 2 aromatic carbocycles. The number of anilines is 1. The Labute approximate surface area is 190 Å². The summed E-state index contributed by atoms with van der Waals surface area (Å²) in [6.45, 7) is 0.204. The molecule has 1 amide bonds. The molecule has 1 saturated heterocycles. The van der Waals surface area contributed by atoms with Gasteiger partial charge in [-0.05, 0) is 49.2 Å². The van der Waals surface area contributed by atoms with Crippen molar-refractivity contribution >= 4 is 39.2 Å². The second kappa shape index (κ2) is 9.99. The lowest BCUT2D eigenvalue weighted by Crippen LogP contribution is -2.28. The van der Waals surface area contributed by atoms with E-state index < -0.39 is 28.5 Å². The van der Waals surface area contributed by atoms with Crippen LogP contribution >= 0.6 is 11.6 Å². The van der Waals surface area contributed by atoms with E-state index in [4.69, 9.17) is 26.3 Å². The third-order valence-corrected chi connectivity index (χ3v) is 7.02. The fourth-order valence-corrected chi connectivity index (χ4v) is 5.09. The monoisotopic (exact) mass is 477 g/mol. The highest BCUT2D eigenvalue weighted by Crippen LogP contribution is 2.30. The van der Waals surface area contributed by atoms with Gasteiger partial charge in [0.15, 0.2) is 6.61 Å². The van der Waals surface area contributed by atoms with Gasteiger partial charge in [0.1, 0.15) is 16.7 Å². The smallest absolute Gasteiger partial charge is 0.338 e. The lowest BCUT2D eigenvalue weighted by molar-refractivity contribution is -0.119. The molecule has 0 aromatic heterocycles. The standard InChI is InChI=1S/C21H20ClN3O6S/c1-30-18-7-5-14(10-19(18)32(28,29)25-8-2-3-9-25)21(27)31-13-20(26)24-16-6-4-15(12-23)17(22)11-16/h4-7,10-11H,2-3,8-9,13H2,1H3,(H,24,26). The molecule has 0 aliphatic carbocycles. The van der Waals surface area contributed by atoms with Crippen molar-refractivity contribution in [2.45, 2.75) is 17.7 Å². The normalized spacial score (nSPS) is 13.9. The van der Waals surface area contributed by atoms with Crippen molar-refractivity contribution in [3.8, 4) is 11.8 Å². The Morgan fingerprint density at radius 2 is 1.91 bits per heavy atom. The van der Waals surface area contributed by atoms with Crippen LogP contribution in [0.25, 0.3) is 0 Å². The zero-order chi connectivity index (χ0) is 23.3. The fraction of sp³-hybridized carbons (Fsp3) is 0.286. The van der Waals surface area contributed by atoms with E-state index in [0.717, 1.165) is 12.8 Å².